The van der Waals surface area contributed by atoms with Crippen LogP contribution in [0.4, 0.5) is 0 Å². The summed E-state index contributed by atoms with van der Waals surface area (Å²) in [6, 6.07) is 7.55. The summed E-state index contributed by atoms with van der Waals surface area (Å²) >= 11 is 0. The molecule has 4 heteroatoms. The second-order valence-electron chi connectivity index (χ2n) is 4.73. The number of carboxylic acid groups (broad SMARTS) is 1. The fraction of sp³-hybridized carbons (Fsp3) is 0.500. The van der Waals surface area contributed by atoms with Crippen molar-refractivity contribution in [3.8, 4) is 5.75 Å². The zero-order chi connectivity index (χ0) is 13.0. The Morgan fingerprint density at radius 2 is 2.28 bits per heavy atom. The number of hydrogen-bond acceptors (Lipinski definition) is 3. The summed E-state index contributed by atoms with van der Waals surface area (Å²) in [7, 11) is 1.60. The van der Waals surface area contributed by atoms with Crippen LogP contribution in [0.2, 0.25) is 0 Å². The van der Waals surface area contributed by atoms with Gasteiger partial charge < -0.3 is 14.6 Å². The van der Waals surface area contributed by atoms with Crippen molar-refractivity contribution in [3.05, 3.63) is 29.8 Å². The Bertz CT molecular complexity index is 422. The highest BCUT2D eigenvalue weighted by Gasteiger charge is 2.41. The van der Waals surface area contributed by atoms with Gasteiger partial charge in [0.15, 0.2) is 0 Å². The number of methoxy groups -OCH3 is 1. The predicted molar refractivity (Wildman–Crippen MR) is 66.8 cm³/mol. The van der Waals surface area contributed by atoms with Crippen LogP contribution in [-0.2, 0) is 16.0 Å². The quantitative estimate of drug-likeness (QED) is 0.889. The van der Waals surface area contributed by atoms with Crippen molar-refractivity contribution in [2.45, 2.75) is 19.3 Å². The number of ether oxygens (including phenoxy) is 2. The zero-order valence-electron chi connectivity index (χ0n) is 10.5. The molecule has 1 heterocycles. The van der Waals surface area contributed by atoms with Gasteiger partial charge in [0, 0.05) is 6.61 Å². The summed E-state index contributed by atoms with van der Waals surface area (Å²) in [5, 5.41) is 9.49. The molecule has 1 aliphatic heterocycles. The van der Waals surface area contributed by atoms with Crippen molar-refractivity contribution in [2.75, 3.05) is 20.3 Å². The fourth-order valence-corrected chi connectivity index (χ4v) is 2.45. The van der Waals surface area contributed by atoms with E-state index in [4.69, 9.17) is 9.47 Å². The van der Waals surface area contributed by atoms with Crippen molar-refractivity contribution < 1.29 is 19.4 Å². The molecule has 1 aromatic carbocycles. The lowest BCUT2D eigenvalue weighted by Gasteiger charge is -2.33. The maximum absolute atomic E-state index is 11.6. The zero-order valence-corrected chi connectivity index (χ0v) is 10.5. The molecule has 1 aliphatic rings. The molecule has 18 heavy (non-hydrogen) atoms. The summed E-state index contributed by atoms with van der Waals surface area (Å²) in [4.78, 5) is 11.6. The summed E-state index contributed by atoms with van der Waals surface area (Å²) in [6.07, 6.45) is 1.90. The third-order valence-electron chi connectivity index (χ3n) is 3.50. The van der Waals surface area contributed by atoms with E-state index in [1.165, 1.54) is 0 Å². The van der Waals surface area contributed by atoms with Crippen molar-refractivity contribution >= 4 is 5.97 Å². The molecule has 1 N–H and O–H groups in total. The number of para-hydroxylation sites is 1. The van der Waals surface area contributed by atoms with Gasteiger partial charge in [0.2, 0.25) is 0 Å². The number of benzene rings is 1. The molecule has 1 atom stereocenters. The fourth-order valence-electron chi connectivity index (χ4n) is 2.45. The predicted octanol–water partition coefficient (Wildman–Crippen LogP) is 2.12. The van der Waals surface area contributed by atoms with Crippen molar-refractivity contribution in [1.82, 2.24) is 0 Å². The minimum atomic E-state index is -0.813. The number of hydrogen-bond donors (Lipinski definition) is 1. The maximum Gasteiger partial charge on any atom is 0.312 e. The van der Waals surface area contributed by atoms with Crippen LogP contribution in [-0.4, -0.2) is 31.4 Å². The van der Waals surface area contributed by atoms with Gasteiger partial charge in [0.05, 0.1) is 19.1 Å². The smallest absolute Gasteiger partial charge is 0.312 e. The van der Waals surface area contributed by atoms with Crippen LogP contribution < -0.4 is 4.74 Å². The van der Waals surface area contributed by atoms with Crippen LogP contribution in [0.25, 0.3) is 0 Å². The van der Waals surface area contributed by atoms with Gasteiger partial charge in [0.1, 0.15) is 5.75 Å². The standard InChI is InChI=1S/C14H18O4/c1-17-12-6-3-2-5-11(12)9-14(13(15)16)7-4-8-18-10-14/h2-3,5-6H,4,7-10H2,1H3,(H,15,16). The molecule has 0 aromatic heterocycles. The minimum Gasteiger partial charge on any atom is -0.496 e. The molecule has 0 radical (unpaired) electrons. The lowest BCUT2D eigenvalue weighted by molar-refractivity contribution is -0.157. The highest BCUT2D eigenvalue weighted by atomic mass is 16.5. The lowest BCUT2D eigenvalue weighted by Crippen LogP contribution is -2.41. The summed E-state index contributed by atoms with van der Waals surface area (Å²) in [6.45, 7) is 0.932. The third-order valence-corrected chi connectivity index (χ3v) is 3.50. The van der Waals surface area contributed by atoms with E-state index in [0.29, 0.717) is 19.4 Å². The Labute approximate surface area is 107 Å². The van der Waals surface area contributed by atoms with E-state index >= 15 is 0 Å². The largest absolute Gasteiger partial charge is 0.496 e. The Morgan fingerprint density at radius 3 is 2.89 bits per heavy atom. The number of carbonyl (C=O) groups is 1. The van der Waals surface area contributed by atoms with Crippen molar-refractivity contribution in [1.29, 1.82) is 0 Å². The van der Waals surface area contributed by atoms with Crippen molar-refractivity contribution in [2.24, 2.45) is 5.41 Å². The van der Waals surface area contributed by atoms with E-state index in [9.17, 15) is 9.90 Å². The second kappa shape index (κ2) is 5.40. The lowest BCUT2D eigenvalue weighted by atomic mass is 9.77. The molecule has 0 aliphatic carbocycles. The van der Waals surface area contributed by atoms with E-state index in [0.717, 1.165) is 17.7 Å². The van der Waals surface area contributed by atoms with Crippen LogP contribution in [0.5, 0.6) is 5.75 Å². The second-order valence-corrected chi connectivity index (χ2v) is 4.73. The SMILES string of the molecule is COc1ccccc1CC1(C(=O)O)CCCOC1. The highest BCUT2D eigenvalue weighted by molar-refractivity contribution is 5.75. The van der Waals surface area contributed by atoms with E-state index in [1.807, 2.05) is 24.3 Å². The topological polar surface area (TPSA) is 55.8 Å². The number of rotatable bonds is 4. The normalized spacial score (nSPS) is 23.6. The third kappa shape index (κ3) is 2.48. The first kappa shape index (κ1) is 12.9. The highest BCUT2D eigenvalue weighted by Crippen LogP contribution is 2.35. The van der Waals surface area contributed by atoms with Gasteiger partial charge in [-0.2, -0.15) is 0 Å². The first-order valence-corrected chi connectivity index (χ1v) is 6.11. The first-order chi connectivity index (χ1) is 8.68. The Hall–Kier alpha value is -1.55. The van der Waals surface area contributed by atoms with Crippen LogP contribution in [0.1, 0.15) is 18.4 Å². The molecule has 1 unspecified atom stereocenters. The van der Waals surface area contributed by atoms with Gasteiger partial charge in [-0.05, 0) is 30.9 Å². The van der Waals surface area contributed by atoms with Crippen LogP contribution in [0.15, 0.2) is 24.3 Å². The van der Waals surface area contributed by atoms with Crippen LogP contribution >= 0.6 is 0 Å². The summed E-state index contributed by atoms with van der Waals surface area (Å²) in [5.41, 5.74) is 0.111. The maximum atomic E-state index is 11.6. The molecule has 0 saturated carbocycles. The average Bonchev–Trinajstić information content (AvgIpc) is 2.40. The Morgan fingerprint density at radius 1 is 1.50 bits per heavy atom. The monoisotopic (exact) mass is 250 g/mol. The molecular weight excluding hydrogens is 232 g/mol. The Kier molecular flexibility index (Phi) is 3.87. The minimum absolute atomic E-state index is 0.278. The molecule has 2 rings (SSSR count). The molecule has 1 fully saturated rings. The molecule has 0 amide bonds. The van der Waals surface area contributed by atoms with E-state index < -0.39 is 11.4 Å². The van der Waals surface area contributed by atoms with E-state index in [2.05, 4.69) is 0 Å². The van der Waals surface area contributed by atoms with Gasteiger partial charge >= 0.3 is 5.97 Å². The molecule has 0 bridgehead atoms. The summed E-state index contributed by atoms with van der Waals surface area (Å²) < 4.78 is 10.6. The van der Waals surface area contributed by atoms with Gasteiger partial charge in [0.25, 0.3) is 0 Å². The van der Waals surface area contributed by atoms with Crippen LogP contribution in [0, 0.1) is 5.41 Å². The van der Waals surface area contributed by atoms with Gasteiger partial charge in [-0.3, -0.25) is 4.79 Å². The van der Waals surface area contributed by atoms with Crippen LogP contribution in [0.3, 0.4) is 0 Å². The first-order valence-electron chi connectivity index (χ1n) is 6.11. The molecule has 4 nitrogen and oxygen atoms in total. The van der Waals surface area contributed by atoms with Crippen molar-refractivity contribution in [3.63, 3.8) is 0 Å². The van der Waals surface area contributed by atoms with Gasteiger partial charge in [-0.25, -0.2) is 0 Å². The Balaban J connectivity index is 2.26. The molecular formula is C14H18O4. The van der Waals surface area contributed by atoms with Gasteiger partial charge in [-0.1, -0.05) is 18.2 Å². The number of carboxylic acids is 1. The molecule has 1 aromatic rings. The molecule has 98 valence electrons. The molecule has 1 saturated heterocycles. The van der Waals surface area contributed by atoms with E-state index in [1.54, 1.807) is 7.11 Å². The summed E-state index contributed by atoms with van der Waals surface area (Å²) in [5.74, 6) is -0.0446. The van der Waals surface area contributed by atoms with Gasteiger partial charge in [-0.15, -0.1) is 0 Å². The molecule has 0 spiro atoms. The number of aliphatic carboxylic acids is 1. The van der Waals surface area contributed by atoms with E-state index in [-0.39, 0.29) is 6.61 Å². The average molecular weight is 250 g/mol.